The molecule has 2 amide bonds. The van der Waals surface area contributed by atoms with E-state index in [4.69, 9.17) is 0 Å². The van der Waals surface area contributed by atoms with E-state index in [1.54, 1.807) is 18.9 Å². The minimum atomic E-state index is -0.399. The lowest BCUT2D eigenvalue weighted by Gasteiger charge is -2.18. The second-order valence-electron chi connectivity index (χ2n) is 5.36. The molecule has 0 spiro atoms. The molecule has 0 saturated carbocycles. The van der Waals surface area contributed by atoms with E-state index in [2.05, 4.69) is 22.9 Å². The van der Waals surface area contributed by atoms with Gasteiger partial charge in [0.25, 0.3) is 0 Å². The van der Waals surface area contributed by atoms with Gasteiger partial charge in [-0.3, -0.25) is 0 Å². The van der Waals surface area contributed by atoms with Gasteiger partial charge in [0.1, 0.15) is 0 Å². The van der Waals surface area contributed by atoms with Crippen molar-refractivity contribution in [2.75, 3.05) is 18.9 Å². The van der Waals surface area contributed by atoms with Crippen molar-refractivity contribution >= 4 is 22.6 Å². The highest BCUT2D eigenvalue weighted by Gasteiger charge is 2.10. The molecule has 1 atom stereocenters. The third kappa shape index (κ3) is 3.76. The SMILES string of the molecule is CCn1ccc2ccc(NC(=O)N(C)CCC(C)O)cc21. The van der Waals surface area contributed by atoms with Crippen molar-refractivity contribution in [3.63, 3.8) is 0 Å². The largest absolute Gasteiger partial charge is 0.393 e. The number of rotatable bonds is 5. The van der Waals surface area contributed by atoms with Crippen molar-refractivity contribution in [3.05, 3.63) is 30.5 Å². The normalized spacial score (nSPS) is 12.4. The highest BCUT2D eigenvalue weighted by Crippen LogP contribution is 2.20. The highest BCUT2D eigenvalue weighted by molar-refractivity contribution is 5.92. The fourth-order valence-electron chi connectivity index (χ4n) is 2.24. The molecule has 0 bridgehead atoms. The number of hydrogen-bond donors (Lipinski definition) is 2. The number of benzene rings is 1. The van der Waals surface area contributed by atoms with Gasteiger partial charge in [-0.2, -0.15) is 0 Å². The molecule has 0 aliphatic heterocycles. The average Bonchev–Trinajstić information content (AvgIpc) is 2.86. The molecular formula is C16H23N3O2. The Labute approximate surface area is 125 Å². The number of aryl methyl sites for hydroxylation is 1. The summed E-state index contributed by atoms with van der Waals surface area (Å²) in [6.07, 6.45) is 2.22. The first-order valence-corrected chi connectivity index (χ1v) is 7.30. The van der Waals surface area contributed by atoms with Crippen LogP contribution in [-0.4, -0.2) is 40.3 Å². The first kappa shape index (κ1) is 15.4. The standard InChI is InChI=1S/C16H23N3O2/c1-4-19-10-8-13-5-6-14(11-15(13)19)17-16(21)18(3)9-7-12(2)20/h5-6,8,10-12,20H,4,7,9H2,1-3H3,(H,17,21). The number of carbonyl (C=O) groups excluding carboxylic acids is 1. The molecule has 0 radical (unpaired) electrons. The van der Waals surface area contributed by atoms with Gasteiger partial charge in [-0.25, -0.2) is 4.79 Å². The number of carbonyl (C=O) groups is 1. The molecule has 21 heavy (non-hydrogen) atoms. The molecule has 0 aliphatic carbocycles. The van der Waals surface area contributed by atoms with Crippen LogP contribution in [0.4, 0.5) is 10.5 Å². The third-order valence-electron chi connectivity index (χ3n) is 3.59. The molecule has 2 aromatic rings. The molecule has 1 aromatic carbocycles. The van der Waals surface area contributed by atoms with Crippen LogP contribution in [0, 0.1) is 0 Å². The smallest absolute Gasteiger partial charge is 0.321 e. The fourth-order valence-corrected chi connectivity index (χ4v) is 2.24. The van der Waals surface area contributed by atoms with Gasteiger partial charge in [0.2, 0.25) is 0 Å². The van der Waals surface area contributed by atoms with Crippen LogP contribution in [0.5, 0.6) is 0 Å². The Morgan fingerprint density at radius 2 is 2.19 bits per heavy atom. The van der Waals surface area contributed by atoms with E-state index < -0.39 is 6.10 Å². The van der Waals surface area contributed by atoms with Crippen molar-refractivity contribution in [1.82, 2.24) is 9.47 Å². The molecule has 5 nitrogen and oxygen atoms in total. The Hall–Kier alpha value is -2.01. The van der Waals surface area contributed by atoms with Crippen LogP contribution in [0.2, 0.25) is 0 Å². The molecule has 114 valence electrons. The van der Waals surface area contributed by atoms with Gasteiger partial charge in [-0.05, 0) is 43.9 Å². The lowest BCUT2D eigenvalue weighted by Crippen LogP contribution is -2.33. The average molecular weight is 289 g/mol. The van der Waals surface area contributed by atoms with Crippen LogP contribution in [0.3, 0.4) is 0 Å². The maximum Gasteiger partial charge on any atom is 0.321 e. The number of aromatic nitrogens is 1. The van der Waals surface area contributed by atoms with Gasteiger partial charge >= 0.3 is 6.03 Å². The van der Waals surface area contributed by atoms with Crippen LogP contribution < -0.4 is 5.32 Å². The minimum Gasteiger partial charge on any atom is -0.393 e. The van der Waals surface area contributed by atoms with E-state index in [0.29, 0.717) is 13.0 Å². The Bertz CT molecular complexity index is 619. The molecular weight excluding hydrogens is 266 g/mol. The first-order valence-electron chi connectivity index (χ1n) is 7.30. The fraction of sp³-hybridized carbons (Fsp3) is 0.438. The molecule has 0 fully saturated rings. The van der Waals surface area contributed by atoms with Gasteiger partial charge in [-0.15, -0.1) is 0 Å². The first-order chi connectivity index (χ1) is 10.0. The lowest BCUT2D eigenvalue weighted by atomic mass is 10.2. The van der Waals surface area contributed by atoms with E-state index in [1.807, 2.05) is 24.4 Å². The van der Waals surface area contributed by atoms with Crippen LogP contribution >= 0.6 is 0 Å². The van der Waals surface area contributed by atoms with Crippen molar-refractivity contribution in [3.8, 4) is 0 Å². The minimum absolute atomic E-state index is 0.162. The maximum atomic E-state index is 12.1. The Balaban J connectivity index is 2.06. The third-order valence-corrected chi connectivity index (χ3v) is 3.59. The van der Waals surface area contributed by atoms with Gasteiger partial charge in [0.05, 0.1) is 11.6 Å². The number of amides is 2. The summed E-state index contributed by atoms with van der Waals surface area (Å²) < 4.78 is 2.14. The number of aliphatic hydroxyl groups is 1. The summed E-state index contributed by atoms with van der Waals surface area (Å²) in [7, 11) is 1.73. The number of nitrogens with one attached hydrogen (secondary N) is 1. The summed E-state index contributed by atoms with van der Waals surface area (Å²) in [5.74, 6) is 0. The van der Waals surface area contributed by atoms with Crippen molar-refractivity contribution in [1.29, 1.82) is 0 Å². The summed E-state index contributed by atoms with van der Waals surface area (Å²) >= 11 is 0. The molecule has 1 heterocycles. The second-order valence-corrected chi connectivity index (χ2v) is 5.36. The number of hydrogen-bond acceptors (Lipinski definition) is 2. The molecule has 2 rings (SSSR count). The highest BCUT2D eigenvalue weighted by atomic mass is 16.3. The molecule has 5 heteroatoms. The quantitative estimate of drug-likeness (QED) is 0.889. The Morgan fingerprint density at radius 1 is 1.43 bits per heavy atom. The molecule has 2 N–H and O–H groups in total. The van der Waals surface area contributed by atoms with Crippen LogP contribution in [0.15, 0.2) is 30.5 Å². The number of fused-ring (bicyclic) bond motifs is 1. The summed E-state index contributed by atoms with van der Waals surface area (Å²) in [6, 6.07) is 7.80. The van der Waals surface area contributed by atoms with E-state index >= 15 is 0 Å². The van der Waals surface area contributed by atoms with Gasteiger partial charge in [0.15, 0.2) is 0 Å². The summed E-state index contributed by atoms with van der Waals surface area (Å²) in [5, 5.41) is 13.3. The summed E-state index contributed by atoms with van der Waals surface area (Å²) in [6.45, 7) is 5.24. The zero-order valence-corrected chi connectivity index (χ0v) is 12.8. The number of nitrogens with zero attached hydrogens (tertiary/aromatic N) is 2. The van der Waals surface area contributed by atoms with E-state index in [1.165, 1.54) is 0 Å². The van der Waals surface area contributed by atoms with Crippen molar-refractivity contribution in [2.45, 2.75) is 32.9 Å². The molecule has 0 aliphatic rings. The monoisotopic (exact) mass is 289 g/mol. The predicted octanol–water partition coefficient (Wildman–Crippen LogP) is 2.90. The predicted molar refractivity (Wildman–Crippen MR) is 85.6 cm³/mol. The summed E-state index contributed by atoms with van der Waals surface area (Å²) in [4.78, 5) is 13.7. The topological polar surface area (TPSA) is 57.5 Å². The van der Waals surface area contributed by atoms with E-state index in [0.717, 1.165) is 23.1 Å². The van der Waals surface area contributed by atoms with Crippen molar-refractivity contribution < 1.29 is 9.90 Å². The van der Waals surface area contributed by atoms with E-state index in [9.17, 15) is 9.90 Å². The van der Waals surface area contributed by atoms with Gasteiger partial charge < -0.3 is 19.9 Å². The maximum absolute atomic E-state index is 12.1. The zero-order valence-electron chi connectivity index (χ0n) is 12.8. The van der Waals surface area contributed by atoms with Gasteiger partial charge in [0, 0.05) is 32.0 Å². The van der Waals surface area contributed by atoms with Crippen molar-refractivity contribution in [2.24, 2.45) is 0 Å². The number of aliphatic hydroxyl groups excluding tert-OH is 1. The summed E-state index contributed by atoms with van der Waals surface area (Å²) in [5.41, 5.74) is 1.90. The molecule has 1 unspecified atom stereocenters. The van der Waals surface area contributed by atoms with Crippen LogP contribution in [0.1, 0.15) is 20.3 Å². The molecule has 0 saturated heterocycles. The van der Waals surface area contributed by atoms with Crippen LogP contribution in [0.25, 0.3) is 10.9 Å². The Morgan fingerprint density at radius 3 is 2.86 bits per heavy atom. The lowest BCUT2D eigenvalue weighted by molar-refractivity contribution is 0.167. The number of anilines is 1. The molecule has 1 aromatic heterocycles. The van der Waals surface area contributed by atoms with E-state index in [-0.39, 0.29) is 6.03 Å². The number of urea groups is 1. The zero-order chi connectivity index (χ0) is 15.4. The second kappa shape index (κ2) is 6.63. The van der Waals surface area contributed by atoms with Crippen LogP contribution in [-0.2, 0) is 6.54 Å². The Kier molecular flexibility index (Phi) is 4.85. The van der Waals surface area contributed by atoms with Gasteiger partial charge in [-0.1, -0.05) is 6.07 Å².